The summed E-state index contributed by atoms with van der Waals surface area (Å²) in [5.74, 6) is 0. The predicted octanol–water partition coefficient (Wildman–Crippen LogP) is 1.14. The molecule has 1 aromatic carbocycles. The number of halogens is 1. The Morgan fingerprint density at radius 1 is 1.22 bits per heavy atom. The fourth-order valence-electron chi connectivity index (χ4n) is 1.03. The zero-order valence-electron chi connectivity index (χ0n) is 9.71. The topological polar surface area (TPSA) is 106 Å². The first kappa shape index (κ1) is 15.2. The Labute approximate surface area is 111 Å². The van der Waals surface area contributed by atoms with Crippen LogP contribution >= 0.6 is 11.6 Å². The molecular formula is C9H13ClN2O4S2. The second kappa shape index (κ2) is 5.04. The Balaban J connectivity index is 3.27. The SMILES string of the molecule is CC(C)S(=O)(=O)Nc1cc(S(N)(=O)=O)ccc1Cl. The second-order valence-corrected chi connectivity index (χ2v) is 8.09. The van der Waals surface area contributed by atoms with Crippen molar-refractivity contribution in [3.05, 3.63) is 23.2 Å². The Morgan fingerprint density at radius 3 is 2.22 bits per heavy atom. The maximum atomic E-state index is 11.7. The van der Waals surface area contributed by atoms with Gasteiger partial charge in [-0.3, -0.25) is 4.72 Å². The van der Waals surface area contributed by atoms with Crippen molar-refractivity contribution in [1.82, 2.24) is 0 Å². The number of sulfonamides is 2. The lowest BCUT2D eigenvalue weighted by Gasteiger charge is -2.12. The highest BCUT2D eigenvalue weighted by Gasteiger charge is 2.18. The van der Waals surface area contributed by atoms with Crippen molar-refractivity contribution in [2.75, 3.05) is 4.72 Å². The van der Waals surface area contributed by atoms with E-state index in [2.05, 4.69) is 4.72 Å². The van der Waals surface area contributed by atoms with E-state index in [-0.39, 0.29) is 15.6 Å². The number of hydrogen-bond donors (Lipinski definition) is 2. The molecule has 0 spiro atoms. The molecule has 3 N–H and O–H groups in total. The fraction of sp³-hybridized carbons (Fsp3) is 0.333. The highest BCUT2D eigenvalue weighted by molar-refractivity contribution is 7.93. The van der Waals surface area contributed by atoms with Crippen LogP contribution < -0.4 is 9.86 Å². The molecule has 0 aliphatic rings. The van der Waals surface area contributed by atoms with Crippen LogP contribution in [0.3, 0.4) is 0 Å². The Hall–Kier alpha value is -0.830. The minimum atomic E-state index is -3.91. The summed E-state index contributed by atoms with van der Waals surface area (Å²) in [4.78, 5) is -0.214. The zero-order chi connectivity index (χ0) is 14.1. The van der Waals surface area contributed by atoms with Crippen LogP contribution in [0.4, 0.5) is 5.69 Å². The minimum Gasteiger partial charge on any atom is -0.282 e. The van der Waals surface area contributed by atoms with Gasteiger partial charge in [0.05, 0.1) is 20.9 Å². The molecule has 1 rings (SSSR count). The van der Waals surface area contributed by atoms with Gasteiger partial charge in [-0.1, -0.05) is 11.6 Å². The summed E-state index contributed by atoms with van der Waals surface area (Å²) in [6.07, 6.45) is 0. The van der Waals surface area contributed by atoms with Crippen molar-refractivity contribution < 1.29 is 16.8 Å². The van der Waals surface area contributed by atoms with E-state index in [1.54, 1.807) is 0 Å². The van der Waals surface area contributed by atoms with Gasteiger partial charge in [0.25, 0.3) is 0 Å². The highest BCUT2D eigenvalue weighted by atomic mass is 35.5. The van der Waals surface area contributed by atoms with E-state index in [0.29, 0.717) is 0 Å². The van der Waals surface area contributed by atoms with Crippen LogP contribution in [0, 0.1) is 0 Å². The molecule has 0 fully saturated rings. The number of nitrogens with one attached hydrogen (secondary N) is 1. The summed E-state index contributed by atoms with van der Waals surface area (Å²) in [5.41, 5.74) is -0.0168. The van der Waals surface area contributed by atoms with Crippen molar-refractivity contribution in [3.63, 3.8) is 0 Å². The Morgan fingerprint density at radius 2 is 1.78 bits per heavy atom. The van der Waals surface area contributed by atoms with Gasteiger partial charge in [-0.15, -0.1) is 0 Å². The molecule has 0 aliphatic heterocycles. The van der Waals surface area contributed by atoms with E-state index in [4.69, 9.17) is 16.7 Å². The smallest absolute Gasteiger partial charge is 0.238 e. The van der Waals surface area contributed by atoms with Crippen LogP contribution in [-0.2, 0) is 20.0 Å². The van der Waals surface area contributed by atoms with Gasteiger partial charge in [-0.2, -0.15) is 0 Å². The molecule has 0 heterocycles. The molecule has 1 aromatic rings. The zero-order valence-corrected chi connectivity index (χ0v) is 12.1. The Bertz CT molecular complexity index is 653. The molecule has 0 saturated carbocycles. The molecule has 18 heavy (non-hydrogen) atoms. The lowest BCUT2D eigenvalue weighted by Crippen LogP contribution is -2.23. The number of primary sulfonamides is 1. The predicted molar refractivity (Wildman–Crippen MR) is 70.5 cm³/mol. The second-order valence-electron chi connectivity index (χ2n) is 3.88. The van der Waals surface area contributed by atoms with Crippen LogP contribution in [0.5, 0.6) is 0 Å². The van der Waals surface area contributed by atoms with Gasteiger partial charge in [-0.25, -0.2) is 22.0 Å². The Kier molecular flexibility index (Phi) is 4.26. The first-order chi connectivity index (χ1) is 8.04. The summed E-state index contributed by atoms with van der Waals surface area (Å²) in [7, 11) is -7.52. The van der Waals surface area contributed by atoms with E-state index in [0.717, 1.165) is 6.07 Å². The van der Waals surface area contributed by atoms with Gasteiger partial charge < -0.3 is 0 Å². The summed E-state index contributed by atoms with van der Waals surface area (Å²) in [6.45, 7) is 2.97. The molecule has 0 aromatic heterocycles. The molecule has 0 saturated heterocycles. The monoisotopic (exact) mass is 312 g/mol. The molecule has 102 valence electrons. The van der Waals surface area contributed by atoms with Crippen LogP contribution in [0.1, 0.15) is 13.8 Å². The van der Waals surface area contributed by atoms with Crippen molar-refractivity contribution in [1.29, 1.82) is 0 Å². The van der Waals surface area contributed by atoms with Gasteiger partial charge in [0.1, 0.15) is 0 Å². The number of rotatable bonds is 4. The maximum absolute atomic E-state index is 11.7. The highest BCUT2D eigenvalue weighted by Crippen LogP contribution is 2.26. The summed E-state index contributed by atoms with van der Waals surface area (Å²) in [5, 5.41) is 4.37. The average Bonchev–Trinajstić information content (AvgIpc) is 2.19. The quantitative estimate of drug-likeness (QED) is 0.869. The molecule has 9 heteroatoms. The molecule has 6 nitrogen and oxygen atoms in total. The van der Waals surface area contributed by atoms with Crippen molar-refractivity contribution in [3.8, 4) is 0 Å². The normalized spacial score (nSPS) is 12.7. The number of nitrogens with two attached hydrogens (primary N) is 1. The standard InChI is InChI=1S/C9H13ClN2O4S2/c1-6(2)18(15,16)12-9-5-7(17(11,13)14)3-4-8(9)10/h3-6,12H,1-2H3,(H2,11,13,14). The fourth-order valence-corrected chi connectivity index (χ4v) is 2.50. The third kappa shape index (κ3) is 3.58. The third-order valence-electron chi connectivity index (χ3n) is 2.14. The average molecular weight is 313 g/mol. The molecule has 0 atom stereocenters. The first-order valence-corrected chi connectivity index (χ1v) is 8.35. The van der Waals surface area contributed by atoms with E-state index in [1.165, 1.54) is 26.0 Å². The van der Waals surface area contributed by atoms with E-state index >= 15 is 0 Å². The van der Waals surface area contributed by atoms with Crippen LogP contribution in [-0.4, -0.2) is 22.1 Å². The lowest BCUT2D eigenvalue weighted by molar-refractivity contribution is 0.591. The molecular weight excluding hydrogens is 300 g/mol. The minimum absolute atomic E-state index is 0.0168. The lowest BCUT2D eigenvalue weighted by atomic mass is 10.3. The van der Waals surface area contributed by atoms with E-state index < -0.39 is 25.3 Å². The third-order valence-corrected chi connectivity index (χ3v) is 5.13. The van der Waals surface area contributed by atoms with Crippen LogP contribution in [0.15, 0.2) is 23.1 Å². The van der Waals surface area contributed by atoms with Gasteiger partial charge in [0.15, 0.2) is 0 Å². The first-order valence-electron chi connectivity index (χ1n) is 4.88. The molecule has 0 radical (unpaired) electrons. The number of hydrogen-bond acceptors (Lipinski definition) is 4. The van der Waals surface area contributed by atoms with Crippen molar-refractivity contribution in [2.45, 2.75) is 24.0 Å². The largest absolute Gasteiger partial charge is 0.282 e. The summed E-state index contributed by atoms with van der Waals surface area (Å²) < 4.78 is 47.9. The summed E-state index contributed by atoms with van der Waals surface area (Å²) in [6, 6.07) is 3.54. The van der Waals surface area contributed by atoms with Crippen LogP contribution in [0.25, 0.3) is 0 Å². The molecule has 0 aliphatic carbocycles. The molecule has 0 bridgehead atoms. The van der Waals surface area contributed by atoms with Gasteiger partial charge in [0, 0.05) is 0 Å². The van der Waals surface area contributed by atoms with Crippen molar-refractivity contribution in [2.24, 2.45) is 5.14 Å². The van der Waals surface area contributed by atoms with Gasteiger partial charge in [0.2, 0.25) is 20.0 Å². The maximum Gasteiger partial charge on any atom is 0.238 e. The van der Waals surface area contributed by atoms with Gasteiger partial charge in [-0.05, 0) is 32.0 Å². The van der Waals surface area contributed by atoms with Crippen LogP contribution in [0.2, 0.25) is 5.02 Å². The molecule has 0 unspecified atom stereocenters. The van der Waals surface area contributed by atoms with Crippen molar-refractivity contribution >= 4 is 37.3 Å². The van der Waals surface area contributed by atoms with Gasteiger partial charge >= 0.3 is 0 Å². The van der Waals surface area contributed by atoms with E-state index in [1.807, 2.05) is 0 Å². The number of benzene rings is 1. The summed E-state index contributed by atoms with van der Waals surface area (Å²) >= 11 is 5.79. The molecule has 0 amide bonds. The van der Waals surface area contributed by atoms with E-state index in [9.17, 15) is 16.8 Å². The number of anilines is 1.